The first-order valence-corrected chi connectivity index (χ1v) is 13.7. The Bertz CT molecular complexity index is 1400. The van der Waals surface area contributed by atoms with E-state index in [4.69, 9.17) is 14.2 Å². The van der Waals surface area contributed by atoms with Gasteiger partial charge in [-0.2, -0.15) is 5.10 Å². The van der Waals surface area contributed by atoms with E-state index in [1.807, 2.05) is 0 Å². The monoisotopic (exact) mass is 567 g/mol. The van der Waals surface area contributed by atoms with Crippen LogP contribution < -0.4 is 20.2 Å². The molecule has 1 aliphatic rings. The van der Waals surface area contributed by atoms with Gasteiger partial charge < -0.3 is 19.5 Å². The summed E-state index contributed by atoms with van der Waals surface area (Å²) >= 11 is 1.31. The van der Waals surface area contributed by atoms with E-state index in [2.05, 4.69) is 15.8 Å². The van der Waals surface area contributed by atoms with Gasteiger partial charge in [0, 0.05) is 4.88 Å². The molecule has 0 radical (unpaired) electrons. The Morgan fingerprint density at radius 3 is 2.55 bits per heavy atom. The molecule has 2 N–H and O–H groups in total. The van der Waals surface area contributed by atoms with Crippen LogP contribution in [-0.2, 0) is 33.8 Å². The fourth-order valence-electron chi connectivity index (χ4n) is 4.25. The van der Waals surface area contributed by atoms with E-state index in [1.165, 1.54) is 36.8 Å². The molecule has 2 amide bonds. The lowest BCUT2D eigenvalue weighted by Crippen LogP contribution is -2.32. The lowest BCUT2D eigenvalue weighted by Gasteiger charge is -2.11. The summed E-state index contributed by atoms with van der Waals surface area (Å²) in [5, 5.41) is 6.75. The topological polar surface area (TPSA) is 115 Å². The number of methoxy groups -OCH3 is 1. The highest BCUT2D eigenvalue weighted by atomic mass is 32.1. The zero-order chi connectivity index (χ0) is 28.5. The molecule has 0 atom stereocenters. The molecule has 0 bridgehead atoms. The number of rotatable bonds is 9. The van der Waals surface area contributed by atoms with Gasteiger partial charge in [0.1, 0.15) is 17.4 Å². The van der Waals surface area contributed by atoms with E-state index in [0.717, 1.165) is 48.1 Å². The summed E-state index contributed by atoms with van der Waals surface area (Å²) in [6.45, 7) is 2.15. The number of anilines is 1. The standard InChI is InChI=1S/C29H30FN3O6S/c1-3-38-29(36)25-21-7-5-4-6-8-24(21)40-28(25)32-26(34)27(35)33-31-16-19-11-14-22(23(15-19)37-2)39-17-18-9-12-20(30)13-10-18/h9-16H,3-8,17H2,1-2H3,(H,32,34)(H,33,35)/b31-16+. The number of esters is 1. The largest absolute Gasteiger partial charge is 0.493 e. The maximum atomic E-state index is 13.1. The summed E-state index contributed by atoms with van der Waals surface area (Å²) in [6.07, 6.45) is 5.93. The Morgan fingerprint density at radius 1 is 1.02 bits per heavy atom. The number of halogens is 1. The third kappa shape index (κ3) is 7.23. The van der Waals surface area contributed by atoms with E-state index in [1.54, 1.807) is 37.3 Å². The first-order chi connectivity index (χ1) is 19.4. The molecule has 2 aromatic carbocycles. The minimum atomic E-state index is -0.985. The number of fused-ring (bicyclic) bond motifs is 1. The number of thiophene rings is 1. The van der Waals surface area contributed by atoms with E-state index in [-0.39, 0.29) is 19.0 Å². The van der Waals surface area contributed by atoms with Crippen molar-refractivity contribution >= 4 is 40.3 Å². The Hall–Kier alpha value is -4.25. The highest BCUT2D eigenvalue weighted by Gasteiger charge is 2.27. The van der Waals surface area contributed by atoms with E-state index in [9.17, 15) is 18.8 Å². The van der Waals surface area contributed by atoms with Crippen LogP contribution in [0, 0.1) is 5.82 Å². The first kappa shape index (κ1) is 28.8. The van der Waals surface area contributed by atoms with Crippen molar-refractivity contribution in [1.29, 1.82) is 0 Å². The van der Waals surface area contributed by atoms with Crippen molar-refractivity contribution in [1.82, 2.24) is 5.43 Å². The summed E-state index contributed by atoms with van der Waals surface area (Å²) in [5.41, 5.74) is 4.81. The summed E-state index contributed by atoms with van der Waals surface area (Å²) in [7, 11) is 1.49. The number of hydrogen-bond donors (Lipinski definition) is 2. The van der Waals surface area contributed by atoms with Gasteiger partial charge in [0.15, 0.2) is 11.5 Å². The van der Waals surface area contributed by atoms with Crippen LogP contribution in [0.15, 0.2) is 47.6 Å². The van der Waals surface area contributed by atoms with E-state index >= 15 is 0 Å². The van der Waals surface area contributed by atoms with Gasteiger partial charge in [-0.25, -0.2) is 14.6 Å². The van der Waals surface area contributed by atoms with Crippen molar-refractivity contribution in [2.24, 2.45) is 5.10 Å². The number of hydrogen-bond acceptors (Lipinski definition) is 8. The molecule has 3 aromatic rings. The number of amides is 2. The van der Waals surface area contributed by atoms with Crippen molar-refractivity contribution < 1.29 is 33.0 Å². The molecule has 1 aliphatic carbocycles. The smallest absolute Gasteiger partial charge is 0.341 e. The summed E-state index contributed by atoms with van der Waals surface area (Å²) in [6, 6.07) is 11.0. The van der Waals surface area contributed by atoms with Gasteiger partial charge in [-0.1, -0.05) is 18.6 Å². The number of nitrogens with one attached hydrogen (secondary N) is 2. The van der Waals surface area contributed by atoms with Gasteiger partial charge in [0.25, 0.3) is 0 Å². The first-order valence-electron chi connectivity index (χ1n) is 12.9. The van der Waals surface area contributed by atoms with Crippen LogP contribution in [0.5, 0.6) is 11.5 Å². The molecule has 0 spiro atoms. The van der Waals surface area contributed by atoms with Crippen molar-refractivity contribution in [3.63, 3.8) is 0 Å². The second kappa shape index (κ2) is 13.7. The molecule has 210 valence electrons. The average molecular weight is 568 g/mol. The lowest BCUT2D eigenvalue weighted by molar-refractivity contribution is -0.136. The van der Waals surface area contributed by atoms with Gasteiger partial charge in [-0.05, 0) is 79.6 Å². The third-order valence-corrected chi connectivity index (χ3v) is 7.42. The second-order valence-corrected chi connectivity index (χ2v) is 10.1. The maximum absolute atomic E-state index is 13.1. The minimum Gasteiger partial charge on any atom is -0.493 e. The Labute approximate surface area is 235 Å². The SMILES string of the molecule is CCOC(=O)c1c(NC(=O)C(=O)N/N=C/c2ccc(OCc3ccc(F)cc3)c(OC)c2)sc2c1CCCCC2. The van der Waals surface area contributed by atoms with Crippen LogP contribution in [0.3, 0.4) is 0 Å². The predicted molar refractivity (Wildman–Crippen MR) is 150 cm³/mol. The van der Waals surface area contributed by atoms with Crippen LogP contribution in [0.4, 0.5) is 9.39 Å². The Morgan fingerprint density at radius 2 is 1.80 bits per heavy atom. The number of hydrazone groups is 1. The van der Waals surface area contributed by atoms with Crippen LogP contribution in [0.25, 0.3) is 0 Å². The molecule has 0 saturated heterocycles. The summed E-state index contributed by atoms with van der Waals surface area (Å²) < 4.78 is 29.5. The van der Waals surface area contributed by atoms with Gasteiger partial charge in [0.2, 0.25) is 0 Å². The van der Waals surface area contributed by atoms with Crippen molar-refractivity contribution in [2.45, 2.75) is 45.6 Å². The minimum absolute atomic E-state index is 0.207. The highest BCUT2D eigenvalue weighted by molar-refractivity contribution is 7.17. The fraction of sp³-hybridized carbons (Fsp3) is 0.310. The van der Waals surface area contributed by atoms with E-state index < -0.39 is 17.8 Å². The molecule has 0 fully saturated rings. The number of nitrogens with zero attached hydrogens (tertiary/aromatic N) is 1. The highest BCUT2D eigenvalue weighted by Crippen LogP contribution is 2.38. The van der Waals surface area contributed by atoms with Crippen molar-refractivity contribution in [2.75, 3.05) is 19.0 Å². The molecule has 4 rings (SSSR count). The van der Waals surface area contributed by atoms with E-state index in [0.29, 0.717) is 27.6 Å². The Kier molecular flexibility index (Phi) is 9.85. The molecule has 0 aliphatic heterocycles. The summed E-state index contributed by atoms with van der Waals surface area (Å²) in [4.78, 5) is 38.8. The van der Waals surface area contributed by atoms with Crippen LogP contribution in [-0.4, -0.2) is 37.7 Å². The fourth-order valence-corrected chi connectivity index (χ4v) is 5.52. The van der Waals surface area contributed by atoms with Gasteiger partial charge in [0.05, 0.1) is 25.5 Å². The number of carbonyl (C=O) groups is 3. The number of aryl methyl sites for hydroxylation is 1. The predicted octanol–water partition coefficient (Wildman–Crippen LogP) is 5.01. The molecule has 0 unspecified atom stereocenters. The number of carbonyl (C=O) groups excluding carboxylic acids is 3. The molecule has 9 nitrogen and oxygen atoms in total. The van der Waals surface area contributed by atoms with Gasteiger partial charge >= 0.3 is 17.8 Å². The molecular formula is C29H30FN3O6S. The normalized spacial score (nSPS) is 12.8. The van der Waals surface area contributed by atoms with Gasteiger partial charge in [-0.3, -0.25) is 9.59 Å². The quantitative estimate of drug-likeness (QED) is 0.124. The van der Waals surface area contributed by atoms with Crippen LogP contribution in [0.1, 0.15) is 58.1 Å². The average Bonchev–Trinajstić information content (AvgIpc) is 3.12. The van der Waals surface area contributed by atoms with Crippen LogP contribution in [0.2, 0.25) is 0 Å². The van der Waals surface area contributed by atoms with Crippen molar-refractivity contribution in [3.05, 3.63) is 75.4 Å². The molecule has 0 saturated carbocycles. The van der Waals surface area contributed by atoms with Gasteiger partial charge in [-0.15, -0.1) is 11.3 Å². The molecule has 1 heterocycles. The third-order valence-electron chi connectivity index (χ3n) is 6.21. The summed E-state index contributed by atoms with van der Waals surface area (Å²) in [5.74, 6) is -1.86. The lowest BCUT2D eigenvalue weighted by atomic mass is 10.1. The molecule has 40 heavy (non-hydrogen) atoms. The van der Waals surface area contributed by atoms with Crippen LogP contribution >= 0.6 is 11.3 Å². The Balaban J connectivity index is 1.38. The van der Waals surface area contributed by atoms with Crippen molar-refractivity contribution in [3.8, 4) is 11.5 Å². The molecular weight excluding hydrogens is 537 g/mol. The second-order valence-electron chi connectivity index (χ2n) is 8.97. The zero-order valence-electron chi connectivity index (χ0n) is 22.3. The molecule has 11 heteroatoms. The molecule has 1 aromatic heterocycles. The number of ether oxygens (including phenoxy) is 3. The number of benzene rings is 2. The maximum Gasteiger partial charge on any atom is 0.341 e. The zero-order valence-corrected chi connectivity index (χ0v) is 23.1.